The topological polar surface area (TPSA) is 69.7 Å². The summed E-state index contributed by atoms with van der Waals surface area (Å²) in [5.74, 6) is -0.417. The molecule has 2 aromatic rings. The molecule has 0 fully saturated rings. The van der Waals surface area contributed by atoms with Crippen molar-refractivity contribution in [2.75, 3.05) is 28.6 Å². The summed E-state index contributed by atoms with van der Waals surface area (Å²) in [6.45, 7) is 7.85. The lowest BCUT2D eigenvalue weighted by Gasteiger charge is -2.28. The number of halogens is 2. The molecule has 0 radical (unpaired) electrons. The minimum Gasteiger partial charge on any atom is -0.372 e. The Bertz CT molecular complexity index is 977. The molecule has 2 aromatic carbocycles. The van der Waals surface area contributed by atoms with Crippen LogP contribution in [0.2, 0.25) is 10.0 Å². The van der Waals surface area contributed by atoms with Gasteiger partial charge in [0.05, 0.1) is 22.0 Å². The first-order valence-corrected chi connectivity index (χ1v) is 12.2. The molecular formula is C21H27Cl2N3O3S. The summed E-state index contributed by atoms with van der Waals surface area (Å²) in [4.78, 5) is 14.9. The fraction of sp³-hybridized carbons (Fsp3) is 0.381. The summed E-state index contributed by atoms with van der Waals surface area (Å²) in [5.41, 5.74) is 2.32. The first kappa shape index (κ1) is 24.3. The lowest BCUT2D eigenvalue weighted by molar-refractivity contribution is -0.122. The number of hydrogen-bond donors (Lipinski definition) is 1. The highest BCUT2D eigenvalue weighted by atomic mass is 35.5. The number of rotatable bonds is 9. The predicted octanol–water partition coefficient (Wildman–Crippen LogP) is 4.31. The van der Waals surface area contributed by atoms with E-state index >= 15 is 0 Å². The predicted molar refractivity (Wildman–Crippen MR) is 125 cm³/mol. The zero-order chi connectivity index (χ0) is 22.5. The Morgan fingerprint density at radius 2 is 1.57 bits per heavy atom. The molecule has 0 aromatic heterocycles. The first-order chi connectivity index (χ1) is 14.1. The summed E-state index contributed by atoms with van der Waals surface area (Å²) in [5, 5.41) is 3.32. The van der Waals surface area contributed by atoms with Crippen molar-refractivity contribution in [2.45, 2.75) is 33.4 Å². The molecule has 1 amide bonds. The number of nitrogens with zero attached hydrogens (tertiary/aromatic N) is 2. The summed E-state index contributed by atoms with van der Waals surface area (Å²) >= 11 is 12.0. The van der Waals surface area contributed by atoms with Crippen molar-refractivity contribution < 1.29 is 13.2 Å². The van der Waals surface area contributed by atoms with Crippen molar-refractivity contribution in [1.29, 1.82) is 0 Å². The van der Waals surface area contributed by atoms with E-state index in [0.717, 1.165) is 34.9 Å². The Kier molecular flexibility index (Phi) is 8.41. The van der Waals surface area contributed by atoms with Gasteiger partial charge in [0.25, 0.3) is 0 Å². The number of sulfonamides is 1. The summed E-state index contributed by atoms with van der Waals surface area (Å²) in [7, 11) is -3.73. The third kappa shape index (κ3) is 6.03. The van der Waals surface area contributed by atoms with Gasteiger partial charge in [-0.2, -0.15) is 0 Å². The van der Waals surface area contributed by atoms with Crippen LogP contribution in [0.15, 0.2) is 42.5 Å². The Morgan fingerprint density at radius 3 is 2.07 bits per heavy atom. The van der Waals surface area contributed by atoms with Crippen LogP contribution in [0, 0.1) is 0 Å². The minimum absolute atomic E-state index is 0.212. The molecule has 1 atom stereocenters. The van der Waals surface area contributed by atoms with Crippen LogP contribution in [0.3, 0.4) is 0 Å². The number of nitrogens with one attached hydrogen (secondary N) is 1. The molecule has 1 N–H and O–H groups in total. The number of carbonyl (C=O) groups is 1. The number of amides is 1. The van der Waals surface area contributed by atoms with Crippen molar-refractivity contribution in [3.8, 4) is 0 Å². The summed E-state index contributed by atoms with van der Waals surface area (Å²) < 4.78 is 25.8. The van der Waals surface area contributed by atoms with Gasteiger partial charge in [-0.15, -0.1) is 0 Å². The van der Waals surface area contributed by atoms with Gasteiger partial charge in [0.1, 0.15) is 6.04 Å². The van der Waals surface area contributed by atoms with Crippen LogP contribution >= 0.6 is 23.2 Å². The van der Waals surface area contributed by atoms with Gasteiger partial charge in [-0.25, -0.2) is 8.42 Å². The molecule has 0 bridgehead atoms. The maximum absolute atomic E-state index is 12.7. The van der Waals surface area contributed by atoms with Gasteiger partial charge >= 0.3 is 0 Å². The summed E-state index contributed by atoms with van der Waals surface area (Å²) in [6, 6.07) is 11.4. The Balaban J connectivity index is 2.13. The van der Waals surface area contributed by atoms with Gasteiger partial charge in [0, 0.05) is 25.3 Å². The standard InChI is InChI=1S/C21H27Cl2N3O3S/c1-5-25(6-2)17-9-7-16(8-10-17)14-24-21(27)15(3)26(30(4,28)29)18-11-12-19(22)20(23)13-18/h7-13,15H,5-6,14H2,1-4H3,(H,24,27)/t15-/m0/s1. The highest BCUT2D eigenvalue weighted by Gasteiger charge is 2.29. The molecule has 2 rings (SSSR count). The molecule has 0 saturated heterocycles. The Morgan fingerprint density at radius 1 is 1.00 bits per heavy atom. The second kappa shape index (κ2) is 10.4. The van der Waals surface area contributed by atoms with Gasteiger partial charge in [-0.1, -0.05) is 35.3 Å². The average Bonchev–Trinajstić information content (AvgIpc) is 2.69. The van der Waals surface area contributed by atoms with Crippen LogP contribution in [0.5, 0.6) is 0 Å². The molecule has 30 heavy (non-hydrogen) atoms. The van der Waals surface area contributed by atoms with E-state index in [1.165, 1.54) is 25.1 Å². The quantitative estimate of drug-likeness (QED) is 0.591. The van der Waals surface area contributed by atoms with E-state index < -0.39 is 22.0 Å². The van der Waals surface area contributed by atoms with Crippen LogP contribution in [-0.4, -0.2) is 39.7 Å². The highest BCUT2D eigenvalue weighted by Crippen LogP contribution is 2.29. The molecule has 0 heterocycles. The molecule has 0 spiro atoms. The third-order valence-electron chi connectivity index (χ3n) is 4.78. The van der Waals surface area contributed by atoms with Crippen molar-refractivity contribution in [3.63, 3.8) is 0 Å². The zero-order valence-electron chi connectivity index (χ0n) is 17.5. The molecular weight excluding hydrogens is 445 g/mol. The second-order valence-corrected chi connectivity index (χ2v) is 9.56. The second-order valence-electron chi connectivity index (χ2n) is 6.89. The highest BCUT2D eigenvalue weighted by molar-refractivity contribution is 7.92. The number of benzene rings is 2. The SMILES string of the molecule is CCN(CC)c1ccc(CNC(=O)[C@H](C)N(c2ccc(Cl)c(Cl)c2)S(C)(=O)=O)cc1. The first-order valence-electron chi connectivity index (χ1n) is 9.64. The van der Waals surface area contributed by atoms with Crippen LogP contribution < -0.4 is 14.5 Å². The van der Waals surface area contributed by atoms with Gasteiger partial charge in [-0.3, -0.25) is 9.10 Å². The Labute approximate surface area is 188 Å². The average molecular weight is 472 g/mol. The monoisotopic (exact) mass is 471 g/mol. The molecule has 0 unspecified atom stereocenters. The number of hydrogen-bond acceptors (Lipinski definition) is 4. The van der Waals surface area contributed by atoms with Crippen LogP contribution in [0.1, 0.15) is 26.3 Å². The van der Waals surface area contributed by atoms with Crippen molar-refractivity contribution in [2.24, 2.45) is 0 Å². The van der Waals surface area contributed by atoms with Crippen molar-refractivity contribution >= 4 is 50.5 Å². The zero-order valence-corrected chi connectivity index (χ0v) is 19.9. The smallest absolute Gasteiger partial charge is 0.243 e. The number of anilines is 2. The van der Waals surface area contributed by atoms with Gasteiger partial charge in [-0.05, 0) is 56.7 Å². The van der Waals surface area contributed by atoms with E-state index in [1.54, 1.807) is 0 Å². The van der Waals surface area contributed by atoms with Crippen LogP contribution in [0.25, 0.3) is 0 Å². The number of carbonyl (C=O) groups excluding carboxylic acids is 1. The molecule has 0 aliphatic carbocycles. The molecule has 0 aliphatic heterocycles. The van der Waals surface area contributed by atoms with Gasteiger partial charge in [0.2, 0.25) is 15.9 Å². The van der Waals surface area contributed by atoms with Gasteiger partial charge in [0.15, 0.2) is 0 Å². The minimum atomic E-state index is -3.73. The maximum atomic E-state index is 12.7. The molecule has 164 valence electrons. The normalized spacial score (nSPS) is 12.3. The van der Waals surface area contributed by atoms with E-state index in [9.17, 15) is 13.2 Å². The molecule has 6 nitrogen and oxygen atoms in total. The van der Waals surface area contributed by atoms with Crippen molar-refractivity contribution in [3.05, 3.63) is 58.1 Å². The van der Waals surface area contributed by atoms with Crippen LogP contribution in [0.4, 0.5) is 11.4 Å². The molecule has 0 saturated carbocycles. The largest absolute Gasteiger partial charge is 0.372 e. The van der Waals surface area contributed by atoms with E-state index in [0.29, 0.717) is 11.6 Å². The lowest BCUT2D eigenvalue weighted by atomic mass is 10.2. The summed E-state index contributed by atoms with van der Waals surface area (Å²) in [6.07, 6.45) is 1.05. The third-order valence-corrected chi connectivity index (χ3v) is 6.76. The fourth-order valence-corrected chi connectivity index (χ4v) is 4.64. The lowest BCUT2D eigenvalue weighted by Crippen LogP contribution is -2.47. The molecule has 0 aliphatic rings. The molecule has 9 heteroatoms. The van der Waals surface area contributed by atoms with Crippen LogP contribution in [-0.2, 0) is 21.4 Å². The van der Waals surface area contributed by atoms with E-state index in [4.69, 9.17) is 23.2 Å². The van der Waals surface area contributed by atoms with E-state index in [2.05, 4.69) is 24.1 Å². The van der Waals surface area contributed by atoms with E-state index in [1.807, 2.05) is 24.3 Å². The maximum Gasteiger partial charge on any atom is 0.243 e. The van der Waals surface area contributed by atoms with E-state index in [-0.39, 0.29) is 10.7 Å². The Hall–Kier alpha value is -1.96. The van der Waals surface area contributed by atoms with Gasteiger partial charge < -0.3 is 10.2 Å². The van der Waals surface area contributed by atoms with Crippen molar-refractivity contribution in [1.82, 2.24) is 5.32 Å². The fourth-order valence-electron chi connectivity index (χ4n) is 3.18.